The summed E-state index contributed by atoms with van der Waals surface area (Å²) < 4.78 is 44.4. The van der Waals surface area contributed by atoms with Crippen molar-refractivity contribution in [1.29, 1.82) is 0 Å². The molecule has 27 heavy (non-hydrogen) atoms. The van der Waals surface area contributed by atoms with Crippen molar-refractivity contribution in [1.82, 2.24) is 0 Å². The Balaban J connectivity index is 1.85. The minimum Gasteiger partial charge on any atom is -0.465 e. The maximum absolute atomic E-state index is 13.2. The highest BCUT2D eigenvalue weighted by Crippen LogP contribution is 2.37. The van der Waals surface area contributed by atoms with E-state index in [4.69, 9.17) is 4.74 Å². The van der Waals surface area contributed by atoms with Crippen LogP contribution in [0.3, 0.4) is 0 Å². The molecule has 0 aromatic heterocycles. The van der Waals surface area contributed by atoms with Gasteiger partial charge in [-0.2, -0.15) is 13.2 Å². The summed E-state index contributed by atoms with van der Waals surface area (Å²) in [6.45, 7) is 1.80. The molecule has 4 nitrogen and oxygen atoms in total. The Bertz CT molecular complexity index is 907. The Hall–Kier alpha value is -2.61. The average molecular weight is 393 g/mol. The summed E-state index contributed by atoms with van der Waals surface area (Å²) >= 11 is 0.975. The molecule has 3 rings (SSSR count). The van der Waals surface area contributed by atoms with Gasteiger partial charge in [0, 0.05) is 5.56 Å². The zero-order chi connectivity index (χ0) is 19.6. The second-order valence-corrected chi connectivity index (χ2v) is 6.72. The van der Waals surface area contributed by atoms with Crippen molar-refractivity contribution < 1.29 is 27.5 Å². The highest BCUT2D eigenvalue weighted by atomic mass is 32.2. The van der Waals surface area contributed by atoms with Gasteiger partial charge in [-0.15, -0.1) is 0 Å². The van der Waals surface area contributed by atoms with Crippen LogP contribution in [0.25, 0.3) is 11.1 Å². The molecule has 1 heterocycles. The monoisotopic (exact) mass is 393 g/mol. The number of hydrogen-bond acceptors (Lipinski definition) is 4. The minimum atomic E-state index is -4.46. The van der Waals surface area contributed by atoms with Gasteiger partial charge in [-0.05, 0) is 24.1 Å². The van der Waals surface area contributed by atoms with Gasteiger partial charge in [0.25, 0.3) is 5.91 Å². The Kier molecular flexibility index (Phi) is 5.36. The van der Waals surface area contributed by atoms with E-state index in [1.807, 2.05) is 0 Å². The smallest absolute Gasteiger partial charge is 0.417 e. The highest BCUT2D eigenvalue weighted by Gasteiger charge is 2.36. The van der Waals surface area contributed by atoms with E-state index in [0.29, 0.717) is 16.2 Å². The predicted octanol–water partition coefficient (Wildman–Crippen LogP) is 4.32. The lowest BCUT2D eigenvalue weighted by molar-refractivity contribution is -0.144. The molecule has 0 aliphatic carbocycles. The summed E-state index contributed by atoms with van der Waals surface area (Å²) in [7, 11) is 0. The number of hydrogen-bond donors (Lipinski definition) is 0. The molecule has 0 radical (unpaired) electrons. The van der Waals surface area contributed by atoms with Crippen LogP contribution in [0.1, 0.15) is 18.1 Å². The third kappa shape index (κ3) is 4.05. The second kappa shape index (κ2) is 7.56. The molecule has 1 atom stereocenters. The van der Waals surface area contributed by atoms with E-state index in [1.165, 1.54) is 30.3 Å². The standard InChI is InChI=1S/C19H14F3NO3S/c1-2-26-18(25)15-16(24)23-17(27-15)12-9-7-11(8-10-12)13-5-3-4-6-14(13)19(20,21)22/h3-10,15H,2H2,1H3. The number of nitrogens with zero attached hydrogens (tertiary/aromatic N) is 1. The molecule has 2 aromatic carbocycles. The first-order valence-electron chi connectivity index (χ1n) is 8.04. The number of rotatable bonds is 4. The molecule has 2 aromatic rings. The van der Waals surface area contributed by atoms with Crippen LogP contribution in [-0.4, -0.2) is 28.8 Å². The molecule has 0 saturated heterocycles. The number of carbonyl (C=O) groups excluding carboxylic acids is 2. The van der Waals surface area contributed by atoms with Crippen LogP contribution in [0.15, 0.2) is 53.5 Å². The van der Waals surface area contributed by atoms with Crippen LogP contribution in [0.5, 0.6) is 0 Å². The third-order valence-corrected chi connectivity index (χ3v) is 5.02. The number of amides is 1. The molecule has 0 saturated carbocycles. The van der Waals surface area contributed by atoms with Crippen molar-refractivity contribution in [2.45, 2.75) is 18.3 Å². The lowest BCUT2D eigenvalue weighted by atomic mass is 9.98. The summed E-state index contributed by atoms with van der Waals surface area (Å²) in [4.78, 5) is 27.5. The zero-order valence-corrected chi connectivity index (χ0v) is 14.9. The fourth-order valence-corrected chi connectivity index (χ4v) is 3.58. The van der Waals surface area contributed by atoms with E-state index in [2.05, 4.69) is 4.99 Å². The Morgan fingerprint density at radius 1 is 1.11 bits per heavy atom. The number of carbonyl (C=O) groups is 2. The zero-order valence-electron chi connectivity index (χ0n) is 14.1. The van der Waals surface area contributed by atoms with Gasteiger partial charge < -0.3 is 4.74 Å². The Morgan fingerprint density at radius 3 is 2.37 bits per heavy atom. The molecule has 0 spiro atoms. The number of thioether (sulfide) groups is 1. The van der Waals surface area contributed by atoms with Gasteiger partial charge in [-0.3, -0.25) is 9.59 Å². The molecule has 0 N–H and O–H groups in total. The molecule has 1 aliphatic rings. The van der Waals surface area contributed by atoms with Crippen molar-refractivity contribution >= 4 is 28.7 Å². The molecule has 0 bridgehead atoms. The lowest BCUT2D eigenvalue weighted by Crippen LogP contribution is -2.25. The van der Waals surface area contributed by atoms with Crippen LogP contribution in [0, 0.1) is 0 Å². The topological polar surface area (TPSA) is 55.7 Å². The van der Waals surface area contributed by atoms with Crippen LogP contribution >= 0.6 is 11.8 Å². The second-order valence-electron chi connectivity index (χ2n) is 5.63. The van der Waals surface area contributed by atoms with Crippen LogP contribution in [0.2, 0.25) is 0 Å². The van der Waals surface area contributed by atoms with Gasteiger partial charge in [0.1, 0.15) is 5.04 Å². The highest BCUT2D eigenvalue weighted by molar-refractivity contribution is 8.16. The van der Waals surface area contributed by atoms with E-state index in [0.717, 1.165) is 17.8 Å². The molecule has 1 aliphatic heterocycles. The maximum Gasteiger partial charge on any atom is 0.417 e. The Morgan fingerprint density at radius 2 is 1.74 bits per heavy atom. The Labute approximate surface area is 157 Å². The quantitative estimate of drug-likeness (QED) is 0.573. The number of esters is 1. The first kappa shape index (κ1) is 19.2. The number of benzene rings is 2. The molecule has 8 heteroatoms. The van der Waals surface area contributed by atoms with E-state index >= 15 is 0 Å². The largest absolute Gasteiger partial charge is 0.465 e. The lowest BCUT2D eigenvalue weighted by Gasteiger charge is -2.13. The van der Waals surface area contributed by atoms with Crippen molar-refractivity contribution in [2.75, 3.05) is 6.61 Å². The predicted molar refractivity (Wildman–Crippen MR) is 96.4 cm³/mol. The number of ether oxygens (including phenoxy) is 1. The SMILES string of the molecule is CCOC(=O)C1SC(c2ccc(-c3ccccc3C(F)(F)F)cc2)=NC1=O. The molecular formula is C19H14F3NO3S. The van der Waals surface area contributed by atoms with Gasteiger partial charge in [-0.1, -0.05) is 54.2 Å². The summed E-state index contributed by atoms with van der Waals surface area (Å²) in [6.07, 6.45) is -4.46. The van der Waals surface area contributed by atoms with Crippen molar-refractivity contribution in [3.8, 4) is 11.1 Å². The van der Waals surface area contributed by atoms with Crippen molar-refractivity contribution in [2.24, 2.45) is 4.99 Å². The molecular weight excluding hydrogens is 379 g/mol. The summed E-state index contributed by atoms with van der Waals surface area (Å²) in [5.74, 6) is -1.25. The van der Waals surface area contributed by atoms with Gasteiger partial charge in [0.05, 0.1) is 12.2 Å². The fourth-order valence-electron chi connectivity index (χ4n) is 2.62. The average Bonchev–Trinajstić information content (AvgIpc) is 3.03. The number of halogens is 3. The first-order valence-corrected chi connectivity index (χ1v) is 8.92. The van der Waals surface area contributed by atoms with Gasteiger partial charge in [0.2, 0.25) is 0 Å². The van der Waals surface area contributed by atoms with Crippen molar-refractivity contribution in [3.63, 3.8) is 0 Å². The third-order valence-electron chi connectivity index (χ3n) is 3.84. The van der Waals surface area contributed by atoms with Gasteiger partial charge >= 0.3 is 12.1 Å². The maximum atomic E-state index is 13.2. The van der Waals surface area contributed by atoms with Crippen LogP contribution in [0.4, 0.5) is 13.2 Å². The number of aliphatic imine (C=N–C) groups is 1. The van der Waals surface area contributed by atoms with Gasteiger partial charge in [-0.25, -0.2) is 4.99 Å². The van der Waals surface area contributed by atoms with E-state index in [-0.39, 0.29) is 12.2 Å². The van der Waals surface area contributed by atoms with Crippen molar-refractivity contribution in [3.05, 3.63) is 59.7 Å². The normalized spacial score (nSPS) is 17.0. The fraction of sp³-hybridized carbons (Fsp3) is 0.211. The first-order chi connectivity index (χ1) is 12.8. The molecule has 1 amide bonds. The minimum absolute atomic E-state index is 0.0676. The summed E-state index contributed by atoms with van der Waals surface area (Å²) in [6, 6.07) is 11.5. The molecule has 140 valence electrons. The van der Waals surface area contributed by atoms with Crippen LogP contribution < -0.4 is 0 Å². The molecule has 0 fully saturated rings. The van der Waals surface area contributed by atoms with Crippen LogP contribution in [-0.2, 0) is 20.5 Å². The van der Waals surface area contributed by atoms with Gasteiger partial charge in [0.15, 0.2) is 5.25 Å². The summed E-state index contributed by atoms with van der Waals surface area (Å²) in [5, 5.41) is -0.695. The van der Waals surface area contributed by atoms with E-state index < -0.39 is 28.9 Å². The molecule has 1 unspecified atom stereocenters. The van der Waals surface area contributed by atoms with E-state index in [1.54, 1.807) is 19.1 Å². The summed E-state index contributed by atoms with van der Waals surface area (Å²) in [5.41, 5.74) is 0.290. The van der Waals surface area contributed by atoms with E-state index in [9.17, 15) is 22.8 Å². The number of alkyl halides is 3.